The van der Waals surface area contributed by atoms with Gasteiger partial charge in [-0.25, -0.2) is 0 Å². The second kappa shape index (κ2) is 11.7. The number of fused-ring (bicyclic) bond motifs is 9. The lowest BCUT2D eigenvalue weighted by Crippen LogP contribution is -2.67. The van der Waals surface area contributed by atoms with Gasteiger partial charge in [-0.05, 0) is 142 Å². The molecule has 2 bridgehead atoms. The van der Waals surface area contributed by atoms with E-state index in [0.29, 0.717) is 53.5 Å². The number of nitrogens with one attached hydrogen (secondary N) is 1. The number of hydrogen-bond acceptors (Lipinski definition) is 5. The number of carbonyl (C=O) groups is 3. The topological polar surface area (TPSA) is 95.9 Å². The second-order valence-electron chi connectivity index (χ2n) is 20.9. The van der Waals surface area contributed by atoms with E-state index >= 15 is 0 Å². The van der Waals surface area contributed by atoms with Crippen LogP contribution in [0.2, 0.25) is 0 Å². The molecule has 6 unspecified atom stereocenters. The molecule has 0 spiro atoms. The first-order valence-electron chi connectivity index (χ1n) is 20.2. The van der Waals surface area contributed by atoms with Crippen molar-refractivity contribution in [3.05, 3.63) is 0 Å². The molecule has 0 aromatic carbocycles. The average molecular weight is 681 g/mol. The van der Waals surface area contributed by atoms with Gasteiger partial charge in [-0.1, -0.05) is 48.5 Å². The first-order chi connectivity index (χ1) is 22.8. The molecule has 7 rings (SSSR count). The summed E-state index contributed by atoms with van der Waals surface area (Å²) in [5.74, 6) is 2.85. The van der Waals surface area contributed by atoms with Crippen molar-refractivity contribution in [1.29, 1.82) is 0 Å². The predicted molar refractivity (Wildman–Crippen MR) is 191 cm³/mol. The fourth-order valence-electron chi connectivity index (χ4n) is 14.9. The lowest BCUT2D eigenvalue weighted by Gasteiger charge is -2.73. The van der Waals surface area contributed by atoms with Gasteiger partial charge in [0.2, 0.25) is 5.91 Å². The highest BCUT2D eigenvalue weighted by Gasteiger charge is 2.71. The molecule has 2 heterocycles. The third kappa shape index (κ3) is 5.21. The summed E-state index contributed by atoms with van der Waals surface area (Å²) >= 11 is 0. The minimum atomic E-state index is -1.13. The maximum Gasteiger partial charge on any atom is 0.309 e. The van der Waals surface area contributed by atoms with Crippen molar-refractivity contribution in [1.82, 2.24) is 10.2 Å². The SMILES string of the molecule is CC(C)C1CC[C@]2(CC(=O)N3CC4CC3CN4)CC[C@]3(C)[C@H](CCC4[C@@]5(C)CC[C@H](OC(=O)CC(C)(C)C(=O)O)C(C)(C)C5CC[C@]43C)C12. The number of esters is 1. The summed E-state index contributed by atoms with van der Waals surface area (Å²) in [6.45, 7) is 22.6. The van der Waals surface area contributed by atoms with Crippen molar-refractivity contribution in [3.8, 4) is 0 Å². The first-order valence-corrected chi connectivity index (χ1v) is 20.2. The first kappa shape index (κ1) is 35.8. The Morgan fingerprint density at radius 1 is 0.898 bits per heavy atom. The molecule has 5 aliphatic carbocycles. The van der Waals surface area contributed by atoms with Gasteiger partial charge >= 0.3 is 11.9 Å². The molecule has 12 atom stereocenters. The van der Waals surface area contributed by atoms with Gasteiger partial charge in [-0.3, -0.25) is 14.4 Å². The van der Waals surface area contributed by atoms with Crippen LogP contribution in [0.5, 0.6) is 0 Å². The Morgan fingerprint density at radius 2 is 1.63 bits per heavy atom. The molecule has 2 saturated heterocycles. The maximum atomic E-state index is 14.1. The average Bonchev–Trinajstić information content (AvgIpc) is 3.74. The molecular weight excluding hydrogens is 612 g/mol. The molecule has 7 heteroatoms. The van der Waals surface area contributed by atoms with E-state index in [2.05, 4.69) is 58.7 Å². The lowest BCUT2D eigenvalue weighted by atomic mass is 9.32. The van der Waals surface area contributed by atoms with Crippen LogP contribution in [0.3, 0.4) is 0 Å². The molecule has 7 aliphatic rings. The Morgan fingerprint density at radius 3 is 2.27 bits per heavy atom. The summed E-state index contributed by atoms with van der Waals surface area (Å²) in [7, 11) is 0. The lowest BCUT2D eigenvalue weighted by molar-refractivity contribution is -0.252. The number of piperazine rings is 1. The highest BCUT2D eigenvalue weighted by molar-refractivity contribution is 5.81. The highest BCUT2D eigenvalue weighted by Crippen LogP contribution is 2.78. The Kier molecular flexibility index (Phi) is 8.53. The van der Waals surface area contributed by atoms with Gasteiger partial charge in [0.1, 0.15) is 6.10 Å². The van der Waals surface area contributed by atoms with E-state index in [1.165, 1.54) is 44.9 Å². The Bertz CT molecular complexity index is 1360. The molecule has 7 fully saturated rings. The van der Waals surface area contributed by atoms with Crippen LogP contribution in [0.4, 0.5) is 0 Å². The zero-order chi connectivity index (χ0) is 35.5. The van der Waals surface area contributed by atoms with E-state index in [4.69, 9.17) is 4.74 Å². The monoisotopic (exact) mass is 681 g/mol. The summed E-state index contributed by atoms with van der Waals surface area (Å²) < 4.78 is 6.19. The summed E-state index contributed by atoms with van der Waals surface area (Å²) in [5.41, 5.74) is -0.466. The molecule has 49 heavy (non-hydrogen) atoms. The second-order valence-corrected chi connectivity index (χ2v) is 20.9. The smallest absolute Gasteiger partial charge is 0.309 e. The molecule has 276 valence electrons. The van der Waals surface area contributed by atoms with Crippen LogP contribution >= 0.6 is 0 Å². The summed E-state index contributed by atoms with van der Waals surface area (Å²) in [4.78, 5) is 41.2. The van der Waals surface area contributed by atoms with Crippen LogP contribution in [0, 0.1) is 68.0 Å². The Hall–Kier alpha value is -1.63. The van der Waals surface area contributed by atoms with Gasteiger partial charge < -0.3 is 20.1 Å². The predicted octanol–water partition coefficient (Wildman–Crippen LogP) is 8.10. The van der Waals surface area contributed by atoms with Gasteiger partial charge in [0.05, 0.1) is 11.8 Å². The molecule has 2 N–H and O–H groups in total. The molecule has 5 saturated carbocycles. The van der Waals surface area contributed by atoms with E-state index in [9.17, 15) is 19.5 Å². The number of rotatable bonds is 7. The van der Waals surface area contributed by atoms with Crippen molar-refractivity contribution in [3.63, 3.8) is 0 Å². The minimum Gasteiger partial charge on any atom is -0.481 e. The number of hydrogen-bond donors (Lipinski definition) is 2. The van der Waals surface area contributed by atoms with Gasteiger partial charge in [-0.15, -0.1) is 0 Å². The molecule has 2 aliphatic heterocycles. The van der Waals surface area contributed by atoms with Crippen LogP contribution in [-0.2, 0) is 19.1 Å². The van der Waals surface area contributed by atoms with Gasteiger partial charge in [-0.2, -0.15) is 0 Å². The number of ether oxygens (including phenoxy) is 1. The molecular formula is C42H68N2O5. The minimum absolute atomic E-state index is 0.0980. The van der Waals surface area contributed by atoms with Gasteiger partial charge in [0.25, 0.3) is 0 Å². The Balaban J connectivity index is 1.13. The quantitative estimate of drug-likeness (QED) is 0.264. The standard InChI is InChI=1S/C42H68N2O5/c1-25(2)28-12-17-42(21-33(45)44-24-26-20-27(44)23-43-26)19-18-40(8)29(35(28)42)10-11-31-39(7)15-14-32(49-34(46)22-37(3,4)36(47)48)38(5,6)30(39)13-16-41(31,40)9/h25-32,35,43H,10-24H2,1-9H3,(H,47,48)/t26?,27?,28?,29-,30?,31?,32+,35?,39+,40-,41-,42-/m1/s1. The third-order valence-electron chi connectivity index (χ3n) is 17.8. The maximum absolute atomic E-state index is 14.1. The summed E-state index contributed by atoms with van der Waals surface area (Å²) in [6, 6.07) is 0.917. The van der Waals surface area contributed by atoms with Crippen molar-refractivity contribution in [2.75, 3.05) is 13.1 Å². The number of carboxylic acid groups (broad SMARTS) is 1. The number of likely N-dealkylation sites (tertiary alicyclic amines) is 1. The fraction of sp³-hybridized carbons (Fsp3) is 0.929. The van der Waals surface area contributed by atoms with E-state index < -0.39 is 11.4 Å². The largest absolute Gasteiger partial charge is 0.481 e. The van der Waals surface area contributed by atoms with Crippen molar-refractivity contribution < 1.29 is 24.2 Å². The number of carboxylic acids is 1. The van der Waals surface area contributed by atoms with Crippen molar-refractivity contribution in [2.45, 2.75) is 164 Å². The van der Waals surface area contributed by atoms with Gasteiger partial charge in [0, 0.05) is 37.0 Å². The van der Waals surface area contributed by atoms with E-state index in [-0.39, 0.29) is 45.6 Å². The molecule has 1 amide bonds. The van der Waals surface area contributed by atoms with E-state index in [0.717, 1.165) is 45.2 Å². The van der Waals surface area contributed by atoms with E-state index in [1.807, 2.05) is 0 Å². The highest BCUT2D eigenvalue weighted by atomic mass is 16.5. The van der Waals surface area contributed by atoms with Crippen LogP contribution < -0.4 is 5.32 Å². The van der Waals surface area contributed by atoms with E-state index in [1.54, 1.807) is 13.8 Å². The number of nitrogens with zero attached hydrogens (tertiary/aromatic N) is 1. The van der Waals surface area contributed by atoms with Crippen LogP contribution in [0.15, 0.2) is 0 Å². The fourth-order valence-corrected chi connectivity index (χ4v) is 14.9. The molecule has 0 radical (unpaired) electrons. The van der Waals surface area contributed by atoms with Crippen LogP contribution in [0.25, 0.3) is 0 Å². The molecule has 0 aromatic rings. The normalized spacial score (nSPS) is 46.9. The van der Waals surface area contributed by atoms with Gasteiger partial charge in [0.15, 0.2) is 0 Å². The summed E-state index contributed by atoms with van der Waals surface area (Å²) in [6.07, 6.45) is 13.4. The van der Waals surface area contributed by atoms with Crippen molar-refractivity contribution in [2.24, 2.45) is 68.0 Å². The number of amides is 1. The summed E-state index contributed by atoms with van der Waals surface area (Å²) in [5, 5.41) is 13.2. The Labute approximate surface area is 296 Å². The zero-order valence-corrected chi connectivity index (χ0v) is 32.3. The van der Waals surface area contributed by atoms with Crippen LogP contribution in [-0.4, -0.2) is 59.1 Å². The number of aliphatic carboxylic acids is 1. The molecule has 7 nitrogen and oxygen atoms in total. The van der Waals surface area contributed by atoms with Crippen LogP contribution in [0.1, 0.15) is 146 Å². The third-order valence-corrected chi connectivity index (χ3v) is 17.8. The van der Waals surface area contributed by atoms with Crippen molar-refractivity contribution >= 4 is 17.8 Å². The zero-order valence-electron chi connectivity index (χ0n) is 32.3. The number of carbonyl (C=O) groups excluding carboxylic acids is 2. The molecule has 0 aromatic heterocycles.